The number of aromatic nitrogens is 4. The van der Waals surface area contributed by atoms with Crippen LogP contribution >= 0.6 is 11.8 Å². The maximum Gasteiger partial charge on any atom is 0.253 e. The van der Waals surface area contributed by atoms with E-state index in [1.54, 1.807) is 28.4 Å². The third-order valence-corrected chi connectivity index (χ3v) is 5.77. The number of benzene rings is 2. The fourth-order valence-corrected chi connectivity index (χ4v) is 4.35. The van der Waals surface area contributed by atoms with Gasteiger partial charge in [-0.15, -0.1) is 0 Å². The Kier molecular flexibility index (Phi) is 5.76. The van der Waals surface area contributed by atoms with Gasteiger partial charge in [0.25, 0.3) is 5.78 Å². The first kappa shape index (κ1) is 20.0. The van der Waals surface area contributed by atoms with Crippen LogP contribution in [0.15, 0.2) is 64.8 Å². The van der Waals surface area contributed by atoms with Crippen LogP contribution in [0.4, 0.5) is 10.1 Å². The van der Waals surface area contributed by atoms with Crippen molar-refractivity contribution in [2.75, 3.05) is 5.32 Å². The lowest BCUT2D eigenvalue weighted by molar-refractivity contribution is -0.115. The number of rotatable bonds is 6. The summed E-state index contributed by atoms with van der Waals surface area (Å²) in [6, 6.07) is 13.6. The number of halogens is 1. The second kappa shape index (κ2) is 8.62. The Morgan fingerprint density at radius 1 is 1.20 bits per heavy atom. The zero-order chi connectivity index (χ0) is 21.1. The number of anilines is 1. The summed E-state index contributed by atoms with van der Waals surface area (Å²) in [7, 11) is 0. The van der Waals surface area contributed by atoms with Crippen LogP contribution in [0, 0.1) is 12.7 Å². The van der Waals surface area contributed by atoms with Crippen LogP contribution in [-0.4, -0.2) is 25.5 Å². The van der Waals surface area contributed by atoms with Gasteiger partial charge in [-0.3, -0.25) is 4.79 Å². The van der Waals surface area contributed by atoms with E-state index in [1.807, 2.05) is 31.2 Å². The average molecular weight is 422 g/mol. The van der Waals surface area contributed by atoms with Gasteiger partial charge in [-0.1, -0.05) is 30.8 Å². The quantitative estimate of drug-likeness (QED) is 0.465. The molecule has 2 heterocycles. The molecule has 6 nitrogen and oxygen atoms in total. The summed E-state index contributed by atoms with van der Waals surface area (Å²) < 4.78 is 15.0. The standard InChI is InChI=1S/C22H20FN5OS/c1-3-19-14(2)26-22-24-13-25-28(22)21(19)30-18-9-7-17(8-10-18)27-20(29)12-15-5-4-6-16(23)11-15/h4-11,13H,3,12H2,1-2H3,(H,27,29). The molecule has 8 heteroatoms. The highest BCUT2D eigenvalue weighted by molar-refractivity contribution is 7.99. The van der Waals surface area contributed by atoms with Crippen molar-refractivity contribution in [2.45, 2.75) is 36.6 Å². The van der Waals surface area contributed by atoms with Crippen LogP contribution < -0.4 is 5.32 Å². The molecule has 4 rings (SSSR count). The minimum absolute atomic E-state index is 0.120. The molecule has 4 aromatic rings. The van der Waals surface area contributed by atoms with Crippen molar-refractivity contribution in [3.8, 4) is 0 Å². The molecule has 0 unspecified atom stereocenters. The number of nitrogens with one attached hydrogen (secondary N) is 1. The molecule has 0 spiro atoms. The first-order chi connectivity index (χ1) is 14.5. The summed E-state index contributed by atoms with van der Waals surface area (Å²) in [5.74, 6) is 0.0396. The summed E-state index contributed by atoms with van der Waals surface area (Å²) in [6.45, 7) is 4.07. The first-order valence-corrected chi connectivity index (χ1v) is 10.4. The molecule has 0 saturated heterocycles. The Morgan fingerprint density at radius 3 is 2.73 bits per heavy atom. The summed E-state index contributed by atoms with van der Waals surface area (Å²) in [5.41, 5.74) is 3.40. The fraction of sp³-hybridized carbons (Fsp3) is 0.182. The molecule has 2 aromatic carbocycles. The molecule has 0 atom stereocenters. The van der Waals surface area contributed by atoms with Gasteiger partial charge in [0.05, 0.1) is 6.42 Å². The van der Waals surface area contributed by atoms with Crippen molar-refractivity contribution in [3.63, 3.8) is 0 Å². The Labute approximate surface area is 177 Å². The van der Waals surface area contributed by atoms with E-state index in [9.17, 15) is 9.18 Å². The average Bonchev–Trinajstić information content (AvgIpc) is 3.17. The SMILES string of the molecule is CCc1c(C)nc2ncnn2c1Sc1ccc(NC(=O)Cc2cccc(F)c2)cc1. The van der Waals surface area contributed by atoms with Crippen LogP contribution in [0.5, 0.6) is 0 Å². The molecule has 1 amide bonds. The molecular weight excluding hydrogens is 401 g/mol. The molecular formula is C22H20FN5OS. The molecule has 0 radical (unpaired) electrons. The molecule has 0 bridgehead atoms. The predicted octanol–water partition coefficient (Wildman–Crippen LogP) is 4.47. The van der Waals surface area contributed by atoms with Gasteiger partial charge in [0.15, 0.2) is 0 Å². The summed E-state index contributed by atoms with van der Waals surface area (Å²) in [4.78, 5) is 22.0. The second-order valence-electron chi connectivity index (χ2n) is 6.79. The number of carbonyl (C=O) groups is 1. The van der Waals surface area contributed by atoms with E-state index >= 15 is 0 Å². The lowest BCUT2D eigenvalue weighted by atomic mass is 10.1. The van der Waals surface area contributed by atoms with Gasteiger partial charge >= 0.3 is 0 Å². The number of hydrogen-bond donors (Lipinski definition) is 1. The van der Waals surface area contributed by atoms with Gasteiger partial charge in [0.1, 0.15) is 17.2 Å². The maximum atomic E-state index is 13.3. The number of aryl methyl sites for hydroxylation is 1. The molecule has 152 valence electrons. The largest absolute Gasteiger partial charge is 0.326 e. The molecule has 1 N–H and O–H groups in total. The molecule has 0 saturated carbocycles. The van der Waals surface area contributed by atoms with Crippen LogP contribution in [0.25, 0.3) is 5.78 Å². The number of nitrogens with zero attached hydrogens (tertiary/aromatic N) is 4. The van der Waals surface area contributed by atoms with Crippen LogP contribution in [-0.2, 0) is 17.6 Å². The number of hydrogen-bond acceptors (Lipinski definition) is 5. The van der Waals surface area contributed by atoms with Crippen LogP contribution in [0.2, 0.25) is 0 Å². The van der Waals surface area contributed by atoms with Crippen molar-refractivity contribution in [1.29, 1.82) is 0 Å². The predicted molar refractivity (Wildman–Crippen MR) is 114 cm³/mol. The highest BCUT2D eigenvalue weighted by Gasteiger charge is 2.14. The van der Waals surface area contributed by atoms with Gasteiger partial charge < -0.3 is 5.32 Å². The maximum absolute atomic E-state index is 13.3. The lowest BCUT2D eigenvalue weighted by Crippen LogP contribution is -2.14. The Hall–Kier alpha value is -3.26. The number of fused-ring (bicyclic) bond motifs is 1. The zero-order valence-electron chi connectivity index (χ0n) is 16.6. The van der Waals surface area contributed by atoms with Gasteiger partial charge in [-0.25, -0.2) is 9.37 Å². The molecule has 0 aliphatic heterocycles. The number of carbonyl (C=O) groups excluding carboxylic acids is 1. The van der Waals surface area contributed by atoms with Gasteiger partial charge in [0.2, 0.25) is 5.91 Å². The molecule has 2 aromatic heterocycles. The third-order valence-electron chi connectivity index (χ3n) is 4.64. The Balaban J connectivity index is 1.49. The smallest absolute Gasteiger partial charge is 0.253 e. The van der Waals surface area contributed by atoms with Crippen molar-refractivity contribution < 1.29 is 9.18 Å². The topological polar surface area (TPSA) is 72.2 Å². The van der Waals surface area contributed by atoms with E-state index in [2.05, 4.69) is 27.3 Å². The number of amides is 1. The van der Waals surface area contributed by atoms with Gasteiger partial charge in [0, 0.05) is 21.8 Å². The minimum atomic E-state index is -0.346. The third kappa shape index (κ3) is 4.33. The molecule has 0 fully saturated rings. The van der Waals surface area contributed by atoms with Crippen molar-refractivity contribution in [2.24, 2.45) is 0 Å². The van der Waals surface area contributed by atoms with Gasteiger partial charge in [-0.2, -0.15) is 14.6 Å². The van der Waals surface area contributed by atoms with Gasteiger partial charge in [-0.05, 0) is 55.3 Å². The Morgan fingerprint density at radius 2 is 2.00 bits per heavy atom. The monoisotopic (exact) mass is 421 g/mol. The van der Waals surface area contributed by atoms with Crippen molar-refractivity contribution in [3.05, 3.63) is 77.5 Å². The van der Waals surface area contributed by atoms with E-state index in [1.165, 1.54) is 18.5 Å². The molecule has 30 heavy (non-hydrogen) atoms. The first-order valence-electron chi connectivity index (χ1n) is 9.55. The van der Waals surface area contributed by atoms with Crippen molar-refractivity contribution >= 4 is 29.1 Å². The van der Waals surface area contributed by atoms with E-state index in [-0.39, 0.29) is 18.1 Å². The zero-order valence-corrected chi connectivity index (χ0v) is 17.4. The normalized spacial score (nSPS) is 11.0. The highest BCUT2D eigenvalue weighted by atomic mass is 32.2. The van der Waals surface area contributed by atoms with Crippen molar-refractivity contribution in [1.82, 2.24) is 19.6 Å². The minimum Gasteiger partial charge on any atom is -0.326 e. The molecule has 0 aliphatic carbocycles. The second-order valence-corrected chi connectivity index (χ2v) is 7.85. The van der Waals surface area contributed by atoms with E-state index in [0.29, 0.717) is 17.0 Å². The van der Waals surface area contributed by atoms with E-state index in [4.69, 9.17) is 0 Å². The van der Waals surface area contributed by atoms with Crippen LogP contribution in [0.1, 0.15) is 23.7 Å². The van der Waals surface area contributed by atoms with E-state index in [0.717, 1.165) is 27.6 Å². The molecule has 0 aliphatic rings. The lowest BCUT2D eigenvalue weighted by Gasteiger charge is -2.12. The summed E-state index contributed by atoms with van der Waals surface area (Å²) in [6.07, 6.45) is 2.46. The highest BCUT2D eigenvalue weighted by Crippen LogP contribution is 2.32. The van der Waals surface area contributed by atoms with Crippen LogP contribution in [0.3, 0.4) is 0 Å². The Bertz CT molecular complexity index is 1210. The summed E-state index contributed by atoms with van der Waals surface area (Å²) >= 11 is 1.58. The summed E-state index contributed by atoms with van der Waals surface area (Å²) in [5, 5.41) is 8.14. The fourth-order valence-electron chi connectivity index (χ4n) is 3.22. The van der Waals surface area contributed by atoms with E-state index < -0.39 is 0 Å².